The first-order valence-electron chi connectivity index (χ1n) is 8.26. The van der Waals surface area contributed by atoms with Crippen molar-refractivity contribution in [2.75, 3.05) is 20.8 Å². The van der Waals surface area contributed by atoms with Crippen LogP contribution < -0.4 is 9.47 Å². The molecule has 28 heavy (non-hydrogen) atoms. The highest BCUT2D eigenvalue weighted by Crippen LogP contribution is 2.33. The van der Waals surface area contributed by atoms with Crippen molar-refractivity contribution in [3.8, 4) is 11.5 Å². The fraction of sp³-hybridized carbons (Fsp3) is 0.211. The Kier molecular flexibility index (Phi) is 5.95. The highest BCUT2D eigenvalue weighted by Gasteiger charge is 2.22. The SMILES string of the molecule is COC(=O)CCOc1cn(S(=O)(=O)c2ccc(OC)cc2)c2ccc(Br)cc12. The van der Waals surface area contributed by atoms with Gasteiger partial charge in [-0.25, -0.2) is 12.4 Å². The summed E-state index contributed by atoms with van der Waals surface area (Å²) in [6.45, 7) is 0.0703. The van der Waals surface area contributed by atoms with E-state index in [0.29, 0.717) is 22.4 Å². The third kappa shape index (κ3) is 4.00. The summed E-state index contributed by atoms with van der Waals surface area (Å²) in [5.41, 5.74) is 0.465. The lowest BCUT2D eigenvalue weighted by molar-refractivity contribution is -0.141. The largest absolute Gasteiger partial charge is 0.497 e. The van der Waals surface area contributed by atoms with Crippen molar-refractivity contribution in [2.45, 2.75) is 11.3 Å². The second kappa shape index (κ2) is 8.24. The zero-order valence-corrected chi connectivity index (χ0v) is 17.6. The van der Waals surface area contributed by atoms with Crippen LogP contribution >= 0.6 is 15.9 Å². The minimum Gasteiger partial charge on any atom is -0.497 e. The zero-order chi connectivity index (χ0) is 20.3. The van der Waals surface area contributed by atoms with Crippen LogP contribution in [0.1, 0.15) is 6.42 Å². The topological polar surface area (TPSA) is 83.8 Å². The first-order valence-corrected chi connectivity index (χ1v) is 10.5. The van der Waals surface area contributed by atoms with Gasteiger partial charge in [0.05, 0.1) is 43.9 Å². The van der Waals surface area contributed by atoms with Gasteiger partial charge in [-0.15, -0.1) is 0 Å². The van der Waals surface area contributed by atoms with Crippen LogP contribution in [0.4, 0.5) is 0 Å². The van der Waals surface area contributed by atoms with Gasteiger partial charge in [0.1, 0.15) is 11.5 Å². The number of rotatable bonds is 7. The number of carbonyl (C=O) groups is 1. The van der Waals surface area contributed by atoms with Gasteiger partial charge in [0, 0.05) is 9.86 Å². The van der Waals surface area contributed by atoms with E-state index in [9.17, 15) is 13.2 Å². The summed E-state index contributed by atoms with van der Waals surface area (Å²) in [5, 5.41) is 0.608. The molecule has 2 aromatic carbocycles. The Hall–Kier alpha value is -2.52. The molecule has 1 aromatic heterocycles. The van der Waals surface area contributed by atoms with Crippen LogP contribution in [-0.2, 0) is 19.6 Å². The quantitative estimate of drug-likeness (QED) is 0.493. The van der Waals surface area contributed by atoms with Crippen molar-refractivity contribution in [1.82, 2.24) is 3.97 Å². The number of carbonyl (C=O) groups excluding carboxylic acids is 1. The molecule has 0 radical (unpaired) electrons. The molecular weight excluding hydrogens is 450 g/mol. The summed E-state index contributed by atoms with van der Waals surface area (Å²) in [5.74, 6) is 0.514. The highest BCUT2D eigenvalue weighted by molar-refractivity contribution is 9.10. The molecule has 0 amide bonds. The van der Waals surface area contributed by atoms with Crippen molar-refractivity contribution in [1.29, 1.82) is 0 Å². The zero-order valence-electron chi connectivity index (χ0n) is 15.2. The summed E-state index contributed by atoms with van der Waals surface area (Å²) in [6, 6.07) is 11.3. The minimum absolute atomic E-state index is 0.0579. The monoisotopic (exact) mass is 467 g/mol. The number of hydrogen-bond acceptors (Lipinski definition) is 6. The number of aromatic nitrogens is 1. The van der Waals surface area contributed by atoms with Crippen LogP contribution in [0.3, 0.4) is 0 Å². The second-order valence-electron chi connectivity index (χ2n) is 5.81. The average Bonchev–Trinajstić information content (AvgIpc) is 3.06. The van der Waals surface area contributed by atoms with Crippen LogP contribution in [-0.4, -0.2) is 39.2 Å². The molecule has 0 atom stereocenters. The van der Waals surface area contributed by atoms with Gasteiger partial charge >= 0.3 is 5.97 Å². The predicted molar refractivity (Wildman–Crippen MR) is 107 cm³/mol. The van der Waals surface area contributed by atoms with E-state index in [2.05, 4.69) is 20.7 Å². The molecule has 7 nitrogen and oxygen atoms in total. The van der Waals surface area contributed by atoms with Gasteiger partial charge in [-0.05, 0) is 42.5 Å². The minimum atomic E-state index is -3.85. The van der Waals surface area contributed by atoms with E-state index < -0.39 is 16.0 Å². The molecule has 148 valence electrons. The fourth-order valence-electron chi connectivity index (χ4n) is 2.66. The average molecular weight is 468 g/mol. The maximum absolute atomic E-state index is 13.2. The maximum atomic E-state index is 13.2. The van der Waals surface area contributed by atoms with Gasteiger partial charge in [0.2, 0.25) is 0 Å². The fourth-order valence-corrected chi connectivity index (χ4v) is 4.39. The Morgan fingerprint density at radius 3 is 2.46 bits per heavy atom. The number of hydrogen-bond donors (Lipinski definition) is 0. The van der Waals surface area contributed by atoms with Crippen LogP contribution in [0.15, 0.2) is 58.0 Å². The molecular formula is C19H18BrNO6S. The molecule has 3 rings (SSSR count). The Balaban J connectivity index is 2.03. The highest BCUT2D eigenvalue weighted by atomic mass is 79.9. The van der Waals surface area contributed by atoms with E-state index in [1.54, 1.807) is 30.3 Å². The van der Waals surface area contributed by atoms with Crippen molar-refractivity contribution in [3.05, 3.63) is 53.1 Å². The van der Waals surface area contributed by atoms with Gasteiger partial charge in [-0.2, -0.15) is 0 Å². The summed E-state index contributed by atoms with van der Waals surface area (Å²) >= 11 is 3.39. The van der Waals surface area contributed by atoms with Crippen LogP contribution in [0.25, 0.3) is 10.9 Å². The summed E-state index contributed by atoms with van der Waals surface area (Å²) < 4.78 is 43.6. The summed E-state index contributed by atoms with van der Waals surface area (Å²) in [6.07, 6.45) is 1.47. The number of nitrogens with zero attached hydrogens (tertiary/aromatic N) is 1. The number of ether oxygens (including phenoxy) is 3. The molecule has 0 bridgehead atoms. The Bertz CT molecular complexity index is 1110. The molecule has 0 unspecified atom stereocenters. The number of methoxy groups -OCH3 is 2. The third-order valence-electron chi connectivity index (χ3n) is 4.10. The van der Waals surface area contributed by atoms with Gasteiger partial charge in [-0.3, -0.25) is 4.79 Å². The molecule has 0 spiro atoms. The Morgan fingerprint density at radius 1 is 1.11 bits per heavy atom. The van der Waals surface area contributed by atoms with E-state index in [-0.39, 0.29) is 17.9 Å². The van der Waals surface area contributed by atoms with E-state index in [1.807, 2.05) is 0 Å². The molecule has 1 heterocycles. The van der Waals surface area contributed by atoms with Gasteiger partial charge in [-0.1, -0.05) is 15.9 Å². The lowest BCUT2D eigenvalue weighted by Crippen LogP contribution is -2.12. The van der Waals surface area contributed by atoms with E-state index >= 15 is 0 Å². The standard InChI is InChI=1S/C19H18BrNO6S/c1-25-14-4-6-15(7-5-14)28(23,24)21-12-18(27-10-9-19(22)26-2)16-11-13(20)3-8-17(16)21/h3-8,11-12H,9-10H2,1-2H3. The molecule has 0 fully saturated rings. The van der Waals surface area contributed by atoms with E-state index in [4.69, 9.17) is 9.47 Å². The van der Waals surface area contributed by atoms with Crippen molar-refractivity contribution in [2.24, 2.45) is 0 Å². The first kappa shape index (κ1) is 20.2. The van der Waals surface area contributed by atoms with E-state index in [0.717, 1.165) is 4.47 Å². The molecule has 0 N–H and O–H groups in total. The van der Waals surface area contributed by atoms with Crippen molar-refractivity contribution >= 4 is 42.8 Å². The van der Waals surface area contributed by atoms with Crippen LogP contribution in [0.5, 0.6) is 11.5 Å². The molecule has 0 saturated heterocycles. The maximum Gasteiger partial charge on any atom is 0.308 e. The van der Waals surface area contributed by atoms with E-state index in [1.165, 1.54) is 36.5 Å². The second-order valence-corrected chi connectivity index (χ2v) is 8.54. The smallest absolute Gasteiger partial charge is 0.308 e. The normalized spacial score (nSPS) is 11.4. The lowest BCUT2D eigenvalue weighted by atomic mass is 10.2. The number of benzene rings is 2. The number of fused-ring (bicyclic) bond motifs is 1. The Morgan fingerprint density at radius 2 is 1.82 bits per heavy atom. The molecule has 3 aromatic rings. The van der Waals surface area contributed by atoms with Gasteiger partial charge in [0.15, 0.2) is 0 Å². The summed E-state index contributed by atoms with van der Waals surface area (Å²) in [4.78, 5) is 11.4. The van der Waals surface area contributed by atoms with Gasteiger partial charge in [0.25, 0.3) is 10.0 Å². The van der Waals surface area contributed by atoms with Crippen LogP contribution in [0.2, 0.25) is 0 Å². The number of halogens is 1. The first-order chi connectivity index (χ1) is 13.4. The molecule has 0 saturated carbocycles. The van der Waals surface area contributed by atoms with Gasteiger partial charge < -0.3 is 14.2 Å². The molecule has 9 heteroatoms. The Labute approximate surface area is 171 Å². The molecule has 0 aliphatic rings. The van der Waals surface area contributed by atoms with Crippen molar-refractivity contribution in [3.63, 3.8) is 0 Å². The van der Waals surface area contributed by atoms with Crippen molar-refractivity contribution < 1.29 is 27.4 Å². The molecule has 0 aliphatic heterocycles. The lowest BCUT2D eigenvalue weighted by Gasteiger charge is -2.08. The number of esters is 1. The summed E-state index contributed by atoms with van der Waals surface area (Å²) in [7, 11) is -1.04. The van der Waals surface area contributed by atoms with Crippen LogP contribution in [0, 0.1) is 0 Å². The third-order valence-corrected chi connectivity index (χ3v) is 6.28. The predicted octanol–water partition coefficient (Wildman–Crippen LogP) is 3.59. The molecule has 0 aliphatic carbocycles.